The van der Waals surface area contributed by atoms with Gasteiger partial charge in [0.25, 0.3) is 0 Å². The lowest BCUT2D eigenvalue weighted by molar-refractivity contribution is -0.301. The van der Waals surface area contributed by atoms with Gasteiger partial charge in [0, 0.05) is 19.3 Å². The quantitative estimate of drug-likeness (QED) is 0.0228. The molecule has 73 heavy (non-hydrogen) atoms. The van der Waals surface area contributed by atoms with Crippen LogP contribution < -0.4 is 0 Å². The highest BCUT2D eigenvalue weighted by Crippen LogP contribution is 2.26. The van der Waals surface area contributed by atoms with Crippen molar-refractivity contribution < 1.29 is 58.2 Å². The number of unbranched alkanes of at least 4 members (excludes halogenated alkanes) is 25. The van der Waals surface area contributed by atoms with Gasteiger partial charge in [-0.2, -0.15) is 0 Å². The van der Waals surface area contributed by atoms with Gasteiger partial charge in [0.15, 0.2) is 24.6 Å². The van der Waals surface area contributed by atoms with Crippen LogP contribution in [0.15, 0.2) is 60.8 Å². The molecule has 3 N–H and O–H groups in total. The van der Waals surface area contributed by atoms with Crippen molar-refractivity contribution in [3.8, 4) is 0 Å². The van der Waals surface area contributed by atoms with E-state index in [0.29, 0.717) is 19.3 Å². The maximum absolute atomic E-state index is 13.1. The number of ether oxygens (including phenoxy) is 5. The minimum atomic E-state index is -1.91. The van der Waals surface area contributed by atoms with Gasteiger partial charge in [-0.25, -0.2) is 4.79 Å². The lowest BCUT2D eigenvalue weighted by Crippen LogP contribution is -2.61. The van der Waals surface area contributed by atoms with Crippen molar-refractivity contribution in [2.24, 2.45) is 0 Å². The summed E-state index contributed by atoms with van der Waals surface area (Å²) in [7, 11) is 0. The molecule has 0 aliphatic carbocycles. The summed E-state index contributed by atoms with van der Waals surface area (Å²) in [6.07, 6.45) is 47.6. The molecule has 0 aromatic carbocycles. The Morgan fingerprint density at radius 1 is 0.466 bits per heavy atom. The van der Waals surface area contributed by atoms with E-state index in [1.54, 1.807) is 0 Å². The van der Waals surface area contributed by atoms with Gasteiger partial charge in [0.1, 0.15) is 18.8 Å². The Bertz CT molecular complexity index is 1500. The van der Waals surface area contributed by atoms with Crippen molar-refractivity contribution in [2.45, 2.75) is 289 Å². The third-order valence-electron chi connectivity index (χ3n) is 13.1. The highest BCUT2D eigenvalue weighted by molar-refractivity contribution is 5.74. The van der Waals surface area contributed by atoms with E-state index in [-0.39, 0.29) is 25.9 Å². The monoisotopic (exact) mass is 1030 g/mol. The summed E-state index contributed by atoms with van der Waals surface area (Å²) in [6, 6.07) is 0. The zero-order valence-corrected chi connectivity index (χ0v) is 46.1. The fourth-order valence-electron chi connectivity index (χ4n) is 8.59. The fourth-order valence-corrected chi connectivity index (χ4v) is 8.59. The Hall–Kier alpha value is -3.58. The van der Waals surface area contributed by atoms with Crippen molar-refractivity contribution in [1.29, 1.82) is 0 Å². The molecular weight excluding hydrogens is 925 g/mol. The smallest absolute Gasteiger partial charge is 0.335 e. The van der Waals surface area contributed by atoms with Gasteiger partial charge in [0.05, 0.1) is 6.61 Å². The molecular formula is C61H104O12. The standard InChI is InChI=1S/C61H104O12/c1-4-7-10-13-16-19-22-24-26-27-29-31-34-37-40-43-46-49-55(64)72-59-57(66)56(65)58(60(67)68)73-61(59)70-51-52(71-54(63)48-45-42-39-36-32-21-18-15-12-9-6-3)50-69-53(62)47-44-41-38-35-33-30-28-25-23-20-17-14-11-8-5-2/h8,11,16-17,19-20,24-26,28,52,56-59,61,65-66H,4-7,9-10,12-15,18,21-23,27,29-51H2,1-3H3,(H,67,68)/b11-8-,19-16-,20-17-,26-24-,28-25-. The molecule has 0 spiro atoms. The van der Waals surface area contributed by atoms with E-state index in [4.69, 9.17) is 23.7 Å². The number of carbonyl (C=O) groups is 4. The topological polar surface area (TPSA) is 175 Å². The molecule has 0 aromatic rings. The highest BCUT2D eigenvalue weighted by Gasteiger charge is 2.50. The van der Waals surface area contributed by atoms with E-state index >= 15 is 0 Å². The van der Waals surface area contributed by atoms with Gasteiger partial charge in [0.2, 0.25) is 0 Å². The van der Waals surface area contributed by atoms with Crippen LogP contribution in [-0.4, -0.2) is 89.2 Å². The van der Waals surface area contributed by atoms with Crippen LogP contribution in [0.5, 0.6) is 0 Å². The third kappa shape index (κ3) is 39.5. The maximum Gasteiger partial charge on any atom is 0.335 e. The van der Waals surface area contributed by atoms with E-state index < -0.39 is 67.3 Å². The van der Waals surface area contributed by atoms with Crippen LogP contribution in [-0.2, 0) is 42.9 Å². The van der Waals surface area contributed by atoms with Crippen LogP contribution in [0.25, 0.3) is 0 Å². The van der Waals surface area contributed by atoms with E-state index in [2.05, 4.69) is 81.5 Å². The van der Waals surface area contributed by atoms with Gasteiger partial charge in [-0.05, 0) is 83.5 Å². The lowest BCUT2D eigenvalue weighted by atomic mass is 9.98. The molecule has 1 aliphatic heterocycles. The number of esters is 3. The van der Waals surface area contributed by atoms with Gasteiger partial charge < -0.3 is 39.0 Å². The predicted molar refractivity (Wildman–Crippen MR) is 294 cm³/mol. The Kier molecular flexibility index (Phi) is 45.5. The van der Waals surface area contributed by atoms with Gasteiger partial charge in [-0.1, -0.05) is 210 Å². The summed E-state index contributed by atoms with van der Waals surface area (Å²) < 4.78 is 28.4. The van der Waals surface area contributed by atoms with E-state index in [9.17, 15) is 34.5 Å². The largest absolute Gasteiger partial charge is 0.479 e. The van der Waals surface area contributed by atoms with Gasteiger partial charge in [-0.15, -0.1) is 0 Å². The number of aliphatic hydroxyl groups is 2. The van der Waals surface area contributed by atoms with Crippen molar-refractivity contribution in [3.05, 3.63) is 60.8 Å². The maximum atomic E-state index is 13.1. The summed E-state index contributed by atoms with van der Waals surface area (Å²) in [4.78, 5) is 51.0. The third-order valence-corrected chi connectivity index (χ3v) is 13.1. The first-order valence-electron chi connectivity index (χ1n) is 29.3. The fraction of sp³-hybridized carbons (Fsp3) is 0.770. The molecule has 0 radical (unpaired) electrons. The van der Waals surface area contributed by atoms with Crippen molar-refractivity contribution in [2.75, 3.05) is 13.2 Å². The number of aliphatic hydroxyl groups excluding tert-OH is 2. The molecule has 12 heteroatoms. The van der Waals surface area contributed by atoms with E-state index in [1.807, 2.05) is 0 Å². The van der Waals surface area contributed by atoms with Crippen LogP contribution in [0.4, 0.5) is 0 Å². The van der Waals surface area contributed by atoms with Gasteiger partial charge >= 0.3 is 23.9 Å². The summed E-state index contributed by atoms with van der Waals surface area (Å²) >= 11 is 0. The second kappa shape index (κ2) is 49.3. The molecule has 0 amide bonds. The molecule has 12 nitrogen and oxygen atoms in total. The number of hydrogen-bond donors (Lipinski definition) is 3. The summed E-state index contributed by atoms with van der Waals surface area (Å²) in [5.41, 5.74) is 0. The van der Waals surface area contributed by atoms with Crippen LogP contribution >= 0.6 is 0 Å². The molecule has 0 saturated carbocycles. The first kappa shape index (κ1) is 67.4. The normalized spacial score (nSPS) is 18.7. The van der Waals surface area contributed by atoms with Crippen LogP contribution in [0, 0.1) is 0 Å². The molecule has 6 atom stereocenters. The first-order chi connectivity index (χ1) is 35.6. The van der Waals surface area contributed by atoms with Crippen molar-refractivity contribution in [3.63, 3.8) is 0 Å². The summed E-state index contributed by atoms with van der Waals surface area (Å²) in [6.45, 7) is 5.83. The summed E-state index contributed by atoms with van der Waals surface area (Å²) in [5.74, 6) is -3.14. The molecule has 0 aromatic heterocycles. The molecule has 1 saturated heterocycles. The molecule has 1 rings (SSSR count). The molecule has 1 fully saturated rings. The number of carboxylic acid groups (broad SMARTS) is 1. The van der Waals surface area contributed by atoms with Gasteiger partial charge in [-0.3, -0.25) is 14.4 Å². The van der Waals surface area contributed by atoms with Crippen LogP contribution in [0.3, 0.4) is 0 Å². The van der Waals surface area contributed by atoms with E-state index in [1.165, 1.54) is 64.2 Å². The minimum absolute atomic E-state index is 0.0502. The molecule has 1 aliphatic rings. The number of hydrogen-bond acceptors (Lipinski definition) is 11. The van der Waals surface area contributed by atoms with E-state index in [0.717, 1.165) is 128 Å². The van der Waals surface area contributed by atoms with Crippen LogP contribution in [0.1, 0.15) is 252 Å². The van der Waals surface area contributed by atoms with Crippen molar-refractivity contribution in [1.82, 2.24) is 0 Å². The van der Waals surface area contributed by atoms with Crippen LogP contribution in [0.2, 0.25) is 0 Å². The summed E-state index contributed by atoms with van der Waals surface area (Å²) in [5, 5.41) is 31.5. The Morgan fingerprint density at radius 3 is 1.34 bits per heavy atom. The lowest BCUT2D eigenvalue weighted by Gasteiger charge is -2.40. The zero-order chi connectivity index (χ0) is 53.3. The zero-order valence-electron chi connectivity index (χ0n) is 46.1. The SMILES string of the molecule is CC/C=C\C/C=C\C/C=C\CCCCCCCC(=O)OCC(COC1OC(C(=O)O)C(O)C(O)C1OC(=O)CCCCCCCCC/C=C\C/C=C\CCCCC)OC(=O)CCCCCCCCCCCCC. The van der Waals surface area contributed by atoms with Crippen molar-refractivity contribution >= 4 is 23.9 Å². The molecule has 0 bridgehead atoms. The Labute approximate surface area is 443 Å². The molecule has 1 heterocycles. The molecule has 6 unspecified atom stereocenters. The Balaban J connectivity index is 2.68. The highest BCUT2D eigenvalue weighted by atomic mass is 16.7. The average molecular weight is 1030 g/mol. The first-order valence-corrected chi connectivity index (χ1v) is 29.3. The Morgan fingerprint density at radius 2 is 0.863 bits per heavy atom. The average Bonchev–Trinajstić information content (AvgIpc) is 3.37. The number of allylic oxidation sites excluding steroid dienone is 10. The number of carboxylic acids is 1. The number of aliphatic carboxylic acids is 1. The molecule has 420 valence electrons. The number of carbonyl (C=O) groups excluding carboxylic acids is 3. The predicted octanol–water partition coefficient (Wildman–Crippen LogP) is 14.8. The minimum Gasteiger partial charge on any atom is -0.479 e. The second-order valence-corrected chi connectivity index (χ2v) is 19.9. The number of rotatable bonds is 49. The second-order valence-electron chi connectivity index (χ2n) is 19.9.